The SMILES string of the molecule is CC(C)(C)C1CCN(C(=O)C2CCC(N)C2)CC1. The second kappa shape index (κ2) is 5.20. The van der Waals surface area contributed by atoms with Crippen LogP contribution in [0.1, 0.15) is 52.9 Å². The lowest BCUT2D eigenvalue weighted by Gasteiger charge is -2.39. The average molecular weight is 252 g/mol. The van der Waals surface area contributed by atoms with E-state index >= 15 is 0 Å². The Labute approximate surface area is 111 Å². The van der Waals surface area contributed by atoms with Crippen molar-refractivity contribution in [3.63, 3.8) is 0 Å². The Morgan fingerprint density at radius 3 is 2.17 bits per heavy atom. The third-order valence-electron chi connectivity index (χ3n) is 4.85. The molecule has 2 aliphatic rings. The third kappa shape index (κ3) is 3.05. The van der Waals surface area contributed by atoms with E-state index in [0.717, 1.165) is 51.1 Å². The van der Waals surface area contributed by atoms with Crippen LogP contribution in [0.2, 0.25) is 0 Å². The molecule has 2 fully saturated rings. The maximum Gasteiger partial charge on any atom is 0.225 e. The van der Waals surface area contributed by atoms with E-state index in [1.165, 1.54) is 0 Å². The summed E-state index contributed by atoms with van der Waals surface area (Å²) < 4.78 is 0. The maximum absolute atomic E-state index is 12.4. The zero-order valence-corrected chi connectivity index (χ0v) is 12.1. The number of amides is 1. The summed E-state index contributed by atoms with van der Waals surface area (Å²) in [6, 6.07) is 0.256. The zero-order valence-electron chi connectivity index (χ0n) is 12.1. The van der Waals surface area contributed by atoms with E-state index in [2.05, 4.69) is 25.7 Å². The van der Waals surface area contributed by atoms with Crippen LogP contribution in [0.4, 0.5) is 0 Å². The van der Waals surface area contributed by atoms with E-state index in [-0.39, 0.29) is 12.0 Å². The van der Waals surface area contributed by atoms with Gasteiger partial charge in [0, 0.05) is 25.0 Å². The number of nitrogens with zero attached hydrogens (tertiary/aromatic N) is 1. The monoisotopic (exact) mass is 252 g/mol. The first-order valence-electron chi connectivity index (χ1n) is 7.42. The Kier molecular flexibility index (Phi) is 4.00. The minimum Gasteiger partial charge on any atom is -0.342 e. The molecule has 1 saturated carbocycles. The van der Waals surface area contributed by atoms with E-state index in [4.69, 9.17) is 5.73 Å². The quantitative estimate of drug-likeness (QED) is 0.779. The van der Waals surface area contributed by atoms with Gasteiger partial charge < -0.3 is 10.6 Å². The van der Waals surface area contributed by atoms with Gasteiger partial charge in [-0.1, -0.05) is 20.8 Å². The van der Waals surface area contributed by atoms with Gasteiger partial charge in [0.25, 0.3) is 0 Å². The van der Waals surface area contributed by atoms with E-state index in [1.807, 2.05) is 0 Å². The highest BCUT2D eigenvalue weighted by Crippen LogP contribution is 2.35. The number of hydrogen-bond donors (Lipinski definition) is 1. The maximum atomic E-state index is 12.4. The van der Waals surface area contributed by atoms with Crippen molar-refractivity contribution in [2.75, 3.05) is 13.1 Å². The predicted octanol–water partition coefficient (Wildman–Crippen LogP) is 2.40. The van der Waals surface area contributed by atoms with Crippen molar-refractivity contribution in [1.82, 2.24) is 4.90 Å². The Morgan fingerprint density at radius 2 is 1.72 bits per heavy atom. The molecular weight excluding hydrogens is 224 g/mol. The van der Waals surface area contributed by atoms with E-state index < -0.39 is 0 Å². The molecule has 0 radical (unpaired) electrons. The Morgan fingerprint density at radius 1 is 1.11 bits per heavy atom. The number of rotatable bonds is 1. The molecule has 1 aliphatic heterocycles. The number of carbonyl (C=O) groups excluding carboxylic acids is 1. The van der Waals surface area contributed by atoms with Crippen molar-refractivity contribution in [3.05, 3.63) is 0 Å². The molecule has 0 bridgehead atoms. The Balaban J connectivity index is 1.84. The molecule has 0 aromatic rings. The molecule has 2 atom stereocenters. The standard InChI is InChI=1S/C15H28N2O/c1-15(2,3)12-6-8-17(9-7-12)14(18)11-4-5-13(16)10-11/h11-13H,4-10,16H2,1-3H3. The van der Waals surface area contributed by atoms with Gasteiger partial charge >= 0.3 is 0 Å². The molecule has 3 nitrogen and oxygen atoms in total. The van der Waals surface area contributed by atoms with Crippen LogP contribution in [0.15, 0.2) is 0 Å². The van der Waals surface area contributed by atoms with Crippen molar-refractivity contribution in [2.24, 2.45) is 23.0 Å². The number of likely N-dealkylation sites (tertiary alicyclic amines) is 1. The molecular formula is C15H28N2O. The van der Waals surface area contributed by atoms with Gasteiger partial charge in [-0.2, -0.15) is 0 Å². The fourth-order valence-corrected chi connectivity index (χ4v) is 3.46. The molecule has 0 aromatic carbocycles. The van der Waals surface area contributed by atoms with Crippen LogP contribution in [0.5, 0.6) is 0 Å². The van der Waals surface area contributed by atoms with Crippen molar-refractivity contribution in [2.45, 2.75) is 58.9 Å². The van der Waals surface area contributed by atoms with Crippen LogP contribution in [-0.2, 0) is 4.79 Å². The van der Waals surface area contributed by atoms with Crippen molar-refractivity contribution in [1.29, 1.82) is 0 Å². The Bertz CT molecular complexity index is 300. The molecule has 3 heteroatoms. The van der Waals surface area contributed by atoms with Crippen LogP contribution in [0, 0.1) is 17.3 Å². The summed E-state index contributed by atoms with van der Waals surface area (Å²) in [5.74, 6) is 1.34. The summed E-state index contributed by atoms with van der Waals surface area (Å²) in [7, 11) is 0. The first kappa shape index (κ1) is 13.9. The molecule has 18 heavy (non-hydrogen) atoms. The first-order chi connectivity index (χ1) is 8.38. The van der Waals surface area contributed by atoms with E-state index in [0.29, 0.717) is 11.3 Å². The smallest absolute Gasteiger partial charge is 0.225 e. The van der Waals surface area contributed by atoms with Gasteiger partial charge in [0.15, 0.2) is 0 Å². The van der Waals surface area contributed by atoms with Crippen molar-refractivity contribution >= 4 is 5.91 Å². The zero-order chi connectivity index (χ0) is 13.3. The summed E-state index contributed by atoms with van der Waals surface area (Å²) >= 11 is 0. The van der Waals surface area contributed by atoms with Crippen LogP contribution in [-0.4, -0.2) is 29.9 Å². The fraction of sp³-hybridized carbons (Fsp3) is 0.933. The lowest BCUT2D eigenvalue weighted by atomic mass is 9.75. The third-order valence-corrected chi connectivity index (χ3v) is 4.85. The summed E-state index contributed by atoms with van der Waals surface area (Å²) in [6.07, 6.45) is 5.24. The summed E-state index contributed by atoms with van der Waals surface area (Å²) in [6.45, 7) is 8.83. The Hall–Kier alpha value is -0.570. The molecule has 1 saturated heterocycles. The lowest BCUT2D eigenvalue weighted by molar-refractivity contribution is -0.137. The molecule has 104 valence electrons. The molecule has 1 aliphatic carbocycles. The molecule has 1 amide bonds. The average Bonchev–Trinajstić information content (AvgIpc) is 2.74. The highest BCUT2D eigenvalue weighted by atomic mass is 16.2. The normalized spacial score (nSPS) is 30.8. The highest BCUT2D eigenvalue weighted by Gasteiger charge is 2.35. The summed E-state index contributed by atoms with van der Waals surface area (Å²) in [4.78, 5) is 14.5. The van der Waals surface area contributed by atoms with Gasteiger partial charge in [-0.3, -0.25) is 4.79 Å². The number of piperidine rings is 1. The molecule has 0 aromatic heterocycles. The fourth-order valence-electron chi connectivity index (χ4n) is 3.46. The van der Waals surface area contributed by atoms with Gasteiger partial charge in [0.1, 0.15) is 0 Å². The second-order valence-electron chi connectivity index (χ2n) is 7.24. The minimum absolute atomic E-state index is 0.214. The largest absolute Gasteiger partial charge is 0.342 e. The van der Waals surface area contributed by atoms with Gasteiger partial charge in [-0.05, 0) is 43.4 Å². The molecule has 2 rings (SSSR count). The number of carbonyl (C=O) groups is 1. The highest BCUT2D eigenvalue weighted by molar-refractivity contribution is 5.79. The van der Waals surface area contributed by atoms with E-state index in [1.54, 1.807) is 0 Å². The van der Waals surface area contributed by atoms with Crippen LogP contribution in [0.25, 0.3) is 0 Å². The van der Waals surface area contributed by atoms with Gasteiger partial charge in [-0.15, -0.1) is 0 Å². The summed E-state index contributed by atoms with van der Waals surface area (Å²) in [5.41, 5.74) is 6.28. The summed E-state index contributed by atoms with van der Waals surface area (Å²) in [5, 5.41) is 0. The molecule has 1 heterocycles. The predicted molar refractivity (Wildman–Crippen MR) is 74.1 cm³/mol. The van der Waals surface area contributed by atoms with Crippen LogP contribution >= 0.6 is 0 Å². The minimum atomic E-state index is 0.214. The van der Waals surface area contributed by atoms with Crippen molar-refractivity contribution in [3.8, 4) is 0 Å². The number of nitrogens with two attached hydrogens (primary N) is 1. The number of hydrogen-bond acceptors (Lipinski definition) is 2. The van der Waals surface area contributed by atoms with E-state index in [9.17, 15) is 4.79 Å². The lowest BCUT2D eigenvalue weighted by Crippen LogP contribution is -2.43. The van der Waals surface area contributed by atoms with Gasteiger partial charge in [-0.25, -0.2) is 0 Å². The molecule has 0 spiro atoms. The van der Waals surface area contributed by atoms with Gasteiger partial charge in [0.2, 0.25) is 5.91 Å². The van der Waals surface area contributed by atoms with Crippen molar-refractivity contribution < 1.29 is 4.79 Å². The first-order valence-corrected chi connectivity index (χ1v) is 7.42. The van der Waals surface area contributed by atoms with Crippen LogP contribution in [0.3, 0.4) is 0 Å². The topological polar surface area (TPSA) is 46.3 Å². The van der Waals surface area contributed by atoms with Gasteiger partial charge in [0.05, 0.1) is 0 Å². The molecule has 2 N–H and O–H groups in total. The molecule has 2 unspecified atom stereocenters. The second-order valence-corrected chi connectivity index (χ2v) is 7.24. The van der Waals surface area contributed by atoms with Crippen LogP contribution < -0.4 is 5.73 Å².